The molecule has 0 aliphatic carbocycles. The fourth-order valence-corrected chi connectivity index (χ4v) is 0.997. The van der Waals surface area contributed by atoms with Gasteiger partial charge in [0.05, 0.1) is 17.6 Å². The van der Waals surface area contributed by atoms with Gasteiger partial charge in [0.25, 0.3) is 0 Å². The molecule has 2 N–H and O–H groups in total. The van der Waals surface area contributed by atoms with Gasteiger partial charge in [-0.25, -0.2) is 4.98 Å². The lowest BCUT2D eigenvalue weighted by atomic mass is 10.2. The van der Waals surface area contributed by atoms with Crippen LogP contribution in [0.2, 0.25) is 0 Å². The molecule has 0 spiro atoms. The van der Waals surface area contributed by atoms with E-state index in [4.69, 9.17) is 5.73 Å². The summed E-state index contributed by atoms with van der Waals surface area (Å²) in [6.45, 7) is 4.07. The summed E-state index contributed by atoms with van der Waals surface area (Å²) in [5.74, 6) is 0.474. The Morgan fingerprint density at radius 3 is 3.00 bits per heavy atom. The Hall–Kier alpha value is -1.38. The molecule has 0 amide bonds. The van der Waals surface area contributed by atoms with Crippen LogP contribution in [0.3, 0.4) is 0 Å². The highest BCUT2D eigenvalue weighted by Gasteiger charge is 1.96. The van der Waals surface area contributed by atoms with E-state index in [0.717, 1.165) is 24.2 Å². The van der Waals surface area contributed by atoms with Gasteiger partial charge in [0.15, 0.2) is 0 Å². The lowest BCUT2D eigenvalue weighted by molar-refractivity contribution is 0.961. The largest absolute Gasteiger partial charge is 0.382 e. The third-order valence-electron chi connectivity index (χ3n) is 1.74. The van der Waals surface area contributed by atoms with Crippen molar-refractivity contribution < 1.29 is 0 Å². The molecule has 0 aliphatic rings. The summed E-state index contributed by atoms with van der Waals surface area (Å²) in [4.78, 5) is 8.29. The van der Waals surface area contributed by atoms with E-state index in [0.29, 0.717) is 5.82 Å². The van der Waals surface area contributed by atoms with Crippen LogP contribution in [0.5, 0.6) is 0 Å². The molecule has 1 aromatic rings. The first-order valence-corrected chi connectivity index (χ1v) is 4.49. The van der Waals surface area contributed by atoms with Crippen molar-refractivity contribution >= 4 is 11.9 Å². The predicted molar refractivity (Wildman–Crippen MR) is 55.1 cm³/mol. The van der Waals surface area contributed by atoms with Crippen molar-refractivity contribution in [3.8, 4) is 0 Å². The molecule has 0 atom stereocenters. The third-order valence-corrected chi connectivity index (χ3v) is 1.74. The molecule has 0 aromatic carbocycles. The van der Waals surface area contributed by atoms with E-state index >= 15 is 0 Å². The van der Waals surface area contributed by atoms with Crippen LogP contribution in [0.1, 0.15) is 31.2 Å². The van der Waals surface area contributed by atoms with Crippen molar-refractivity contribution in [3.63, 3.8) is 0 Å². The molecular weight excluding hydrogens is 162 g/mol. The molecule has 0 fully saturated rings. The van der Waals surface area contributed by atoms with Gasteiger partial charge >= 0.3 is 0 Å². The average Bonchev–Trinajstić information content (AvgIpc) is 2.11. The predicted octanol–water partition coefficient (Wildman–Crippen LogP) is 2.18. The van der Waals surface area contributed by atoms with Gasteiger partial charge in [-0.05, 0) is 19.4 Å². The number of anilines is 1. The summed E-state index contributed by atoms with van der Waals surface area (Å²) >= 11 is 0. The monoisotopic (exact) mass is 177 g/mol. The Labute approximate surface area is 78.7 Å². The van der Waals surface area contributed by atoms with Gasteiger partial charge in [-0.3, -0.25) is 4.98 Å². The molecule has 0 unspecified atom stereocenters. The molecule has 1 rings (SSSR count). The van der Waals surface area contributed by atoms with Gasteiger partial charge < -0.3 is 5.73 Å². The number of rotatable bonds is 3. The van der Waals surface area contributed by atoms with Crippen molar-refractivity contribution in [1.82, 2.24) is 9.97 Å². The van der Waals surface area contributed by atoms with Gasteiger partial charge in [-0.15, -0.1) is 0 Å². The van der Waals surface area contributed by atoms with E-state index in [1.165, 1.54) is 0 Å². The maximum Gasteiger partial charge on any atom is 0.142 e. The van der Waals surface area contributed by atoms with E-state index < -0.39 is 0 Å². The topological polar surface area (TPSA) is 51.8 Å². The highest BCUT2D eigenvalue weighted by molar-refractivity contribution is 5.49. The molecule has 0 radical (unpaired) electrons. The molecule has 13 heavy (non-hydrogen) atoms. The number of nitrogens with zero attached hydrogens (tertiary/aromatic N) is 2. The minimum atomic E-state index is 0.474. The van der Waals surface area contributed by atoms with Crippen LogP contribution >= 0.6 is 0 Å². The molecule has 0 aliphatic heterocycles. The van der Waals surface area contributed by atoms with E-state index in [1.54, 1.807) is 6.20 Å². The van der Waals surface area contributed by atoms with E-state index in [1.807, 2.05) is 13.0 Å². The van der Waals surface area contributed by atoms with Gasteiger partial charge in [0.2, 0.25) is 0 Å². The number of hydrogen-bond acceptors (Lipinski definition) is 3. The smallest absolute Gasteiger partial charge is 0.142 e. The maximum atomic E-state index is 5.52. The minimum absolute atomic E-state index is 0.474. The van der Waals surface area contributed by atoms with Gasteiger partial charge in [-0.1, -0.05) is 19.4 Å². The second kappa shape index (κ2) is 4.60. The highest BCUT2D eigenvalue weighted by Crippen LogP contribution is 2.06. The average molecular weight is 177 g/mol. The summed E-state index contributed by atoms with van der Waals surface area (Å²) in [6.07, 6.45) is 7.85. The Kier molecular flexibility index (Phi) is 3.43. The molecule has 3 heteroatoms. The Morgan fingerprint density at radius 2 is 2.31 bits per heavy atom. The molecule has 1 aromatic heterocycles. The Bertz CT molecular complexity index is 305. The van der Waals surface area contributed by atoms with Gasteiger partial charge in [0, 0.05) is 0 Å². The number of nitrogens with two attached hydrogens (primary N) is 1. The van der Waals surface area contributed by atoms with Gasteiger partial charge in [-0.2, -0.15) is 0 Å². The summed E-state index contributed by atoms with van der Waals surface area (Å²) in [6, 6.07) is 0. The van der Waals surface area contributed by atoms with Crippen LogP contribution < -0.4 is 5.73 Å². The SMILES string of the molecule is CCC/C=C\c1nc(N)cnc1C. The summed E-state index contributed by atoms with van der Waals surface area (Å²) in [7, 11) is 0. The molecule has 0 saturated heterocycles. The zero-order chi connectivity index (χ0) is 9.68. The zero-order valence-corrected chi connectivity index (χ0v) is 8.12. The number of hydrogen-bond donors (Lipinski definition) is 1. The zero-order valence-electron chi connectivity index (χ0n) is 8.12. The number of unbranched alkanes of at least 4 members (excludes halogenated alkanes) is 1. The second-order valence-corrected chi connectivity index (χ2v) is 2.96. The third kappa shape index (κ3) is 2.86. The maximum absolute atomic E-state index is 5.52. The van der Waals surface area contributed by atoms with Crippen LogP contribution in [0.15, 0.2) is 12.3 Å². The van der Waals surface area contributed by atoms with E-state index in [-0.39, 0.29) is 0 Å². The lowest BCUT2D eigenvalue weighted by Crippen LogP contribution is -1.96. The molecular formula is C10H15N3. The van der Waals surface area contributed by atoms with Crippen LogP contribution in [-0.4, -0.2) is 9.97 Å². The quantitative estimate of drug-likeness (QED) is 0.769. The lowest BCUT2D eigenvalue weighted by Gasteiger charge is -1.98. The second-order valence-electron chi connectivity index (χ2n) is 2.96. The number of aromatic nitrogens is 2. The molecule has 0 saturated carbocycles. The standard InChI is InChI=1S/C10H15N3/c1-3-4-5-6-9-8(2)12-7-10(11)13-9/h5-7H,3-4H2,1-2H3,(H2,11,13)/b6-5-. The summed E-state index contributed by atoms with van der Waals surface area (Å²) in [5, 5.41) is 0. The first-order chi connectivity index (χ1) is 6.24. The van der Waals surface area contributed by atoms with Crippen molar-refractivity contribution in [3.05, 3.63) is 23.7 Å². The van der Waals surface area contributed by atoms with Crippen molar-refractivity contribution in [2.45, 2.75) is 26.7 Å². The van der Waals surface area contributed by atoms with Crippen LogP contribution in [0, 0.1) is 6.92 Å². The Morgan fingerprint density at radius 1 is 1.54 bits per heavy atom. The molecule has 70 valence electrons. The van der Waals surface area contributed by atoms with E-state index in [9.17, 15) is 0 Å². The van der Waals surface area contributed by atoms with E-state index in [2.05, 4.69) is 23.0 Å². The number of allylic oxidation sites excluding steroid dienone is 1. The normalized spacial score (nSPS) is 10.9. The molecule has 0 bridgehead atoms. The summed E-state index contributed by atoms with van der Waals surface area (Å²) < 4.78 is 0. The molecule has 3 nitrogen and oxygen atoms in total. The van der Waals surface area contributed by atoms with Crippen LogP contribution in [0.4, 0.5) is 5.82 Å². The van der Waals surface area contributed by atoms with Crippen LogP contribution in [-0.2, 0) is 0 Å². The van der Waals surface area contributed by atoms with Crippen molar-refractivity contribution in [2.75, 3.05) is 5.73 Å². The van der Waals surface area contributed by atoms with Crippen molar-refractivity contribution in [1.29, 1.82) is 0 Å². The number of aryl methyl sites for hydroxylation is 1. The van der Waals surface area contributed by atoms with Crippen molar-refractivity contribution in [2.24, 2.45) is 0 Å². The highest BCUT2D eigenvalue weighted by atomic mass is 14.9. The van der Waals surface area contributed by atoms with Crippen LogP contribution in [0.25, 0.3) is 6.08 Å². The number of nitrogen functional groups attached to an aromatic ring is 1. The summed E-state index contributed by atoms with van der Waals surface area (Å²) in [5.41, 5.74) is 7.31. The minimum Gasteiger partial charge on any atom is -0.382 e. The molecule has 1 heterocycles. The fourth-order valence-electron chi connectivity index (χ4n) is 0.997. The van der Waals surface area contributed by atoms with Gasteiger partial charge in [0.1, 0.15) is 5.82 Å². The Balaban J connectivity index is 2.81. The fraction of sp³-hybridized carbons (Fsp3) is 0.400. The first kappa shape index (κ1) is 9.71. The first-order valence-electron chi connectivity index (χ1n) is 4.49.